The third-order valence-corrected chi connectivity index (χ3v) is 9.26. The number of alkyl halides is 1. The number of aliphatic hydroxyl groups is 2. The minimum Gasteiger partial charge on any atom is -0.359 e. The lowest BCUT2D eigenvalue weighted by Gasteiger charge is -2.25. The Hall–Kier alpha value is -0.450. The largest absolute Gasteiger partial charge is 0.359 e. The van der Waals surface area contributed by atoms with Gasteiger partial charge in [0.15, 0.2) is 5.78 Å². The average Bonchev–Trinajstić information content (AvgIpc) is 3.08. The molecule has 0 bridgehead atoms. The van der Waals surface area contributed by atoms with Crippen LogP contribution in [0, 0.1) is 0 Å². The zero-order valence-corrected chi connectivity index (χ0v) is 29.9. The summed E-state index contributed by atoms with van der Waals surface area (Å²) in [6, 6.07) is 0. The fourth-order valence-corrected chi connectivity index (χ4v) is 6.08. The lowest BCUT2D eigenvalue weighted by atomic mass is 9.96. The van der Waals surface area contributed by atoms with Crippen LogP contribution in [0.25, 0.3) is 0 Å². The molecule has 4 nitrogen and oxygen atoms in total. The van der Waals surface area contributed by atoms with E-state index < -0.39 is 29.1 Å². The summed E-state index contributed by atoms with van der Waals surface area (Å²) in [5, 5.41) is 5.73. The molecule has 262 valence electrons. The van der Waals surface area contributed by atoms with Crippen LogP contribution in [0.2, 0.25) is 0 Å². The van der Waals surface area contributed by atoms with Crippen LogP contribution < -0.4 is 0 Å². The van der Waals surface area contributed by atoms with Gasteiger partial charge in [-0.1, -0.05) is 194 Å². The summed E-state index contributed by atoms with van der Waals surface area (Å²) in [6.07, 6.45) is 31.4. The summed E-state index contributed by atoms with van der Waals surface area (Å²) in [5.41, 5.74) is 0. The van der Waals surface area contributed by atoms with Crippen molar-refractivity contribution in [3.63, 3.8) is 0 Å². The first kappa shape index (κ1) is 34.9. The molecule has 2 N–H and O–H groups in total. The molecule has 0 radical (unpaired) electrons. The van der Waals surface area contributed by atoms with Gasteiger partial charge < -0.3 is 10.2 Å². The summed E-state index contributed by atoms with van der Waals surface area (Å²) in [4.78, 5) is 26.0. The zero-order valence-electron chi connectivity index (χ0n) is 34.1. The van der Waals surface area contributed by atoms with E-state index in [0.717, 1.165) is 51.4 Å². The van der Waals surface area contributed by atoms with Crippen LogP contribution >= 0.6 is 11.6 Å². The number of carbonyl (C=O) groups is 2. The maximum Gasteiger partial charge on any atom is 0.241 e. The summed E-state index contributed by atoms with van der Waals surface area (Å²) in [5.74, 6) is -4.97. The number of carbonyl (C=O) groups excluding carboxylic acids is 2. The molecular formula is C39H75ClO4. The maximum absolute atomic E-state index is 13.1. The van der Waals surface area contributed by atoms with Crippen molar-refractivity contribution in [3.8, 4) is 0 Å². The Morgan fingerprint density at radius 2 is 0.818 bits per heavy atom. The van der Waals surface area contributed by atoms with E-state index in [-0.39, 0.29) is 12.8 Å². The van der Waals surface area contributed by atoms with E-state index in [2.05, 4.69) is 24.1 Å². The molecule has 0 fully saturated rings. The Kier molecular flexibility index (Phi) is 25.7. The van der Waals surface area contributed by atoms with Crippen LogP contribution in [0.5, 0.6) is 0 Å². The fourth-order valence-electron chi connectivity index (χ4n) is 5.87. The Labute approximate surface area is 286 Å². The minimum atomic E-state index is -3.14. The molecule has 0 spiro atoms. The summed E-state index contributed by atoms with van der Waals surface area (Å²) < 4.78 is 40.3. The van der Waals surface area contributed by atoms with Gasteiger partial charge >= 0.3 is 0 Å². The van der Waals surface area contributed by atoms with Gasteiger partial charge in [0, 0.05) is 22.0 Å². The summed E-state index contributed by atoms with van der Waals surface area (Å²) in [6.45, 7) is 4.49. The molecule has 0 aliphatic carbocycles. The van der Waals surface area contributed by atoms with Crippen molar-refractivity contribution < 1.29 is 23.9 Å². The number of hydrogen-bond donors (Lipinski definition) is 2. The Morgan fingerprint density at radius 3 is 1.11 bits per heavy atom. The van der Waals surface area contributed by atoms with Gasteiger partial charge in [0.05, 0.1) is 1.37 Å². The van der Waals surface area contributed by atoms with Gasteiger partial charge in [-0.2, -0.15) is 0 Å². The van der Waals surface area contributed by atoms with Gasteiger partial charge in [0.1, 0.15) is 11.1 Å². The second kappa shape index (κ2) is 32.5. The SMILES string of the molecule is [2H]OC(O[2H])(C(=O)CCCCCCCCCCCCCCCCC)C([2H])(Cl)C([2H])([2H])C(=O)CCCCCCCCCCCCCCCCC. The van der Waals surface area contributed by atoms with Gasteiger partial charge in [-0.3, -0.25) is 9.59 Å². The van der Waals surface area contributed by atoms with Gasteiger partial charge in [-0.05, 0) is 12.8 Å². The number of rotatable bonds is 38. The van der Waals surface area contributed by atoms with Crippen LogP contribution in [0.3, 0.4) is 0 Å². The number of ketones is 2. The summed E-state index contributed by atoms with van der Waals surface area (Å²) >= 11 is 6.24. The van der Waals surface area contributed by atoms with Crippen molar-refractivity contribution in [2.45, 2.75) is 237 Å². The van der Waals surface area contributed by atoms with E-state index in [0.29, 0.717) is 12.8 Å². The molecule has 0 heterocycles. The average molecular weight is 649 g/mol. The lowest BCUT2D eigenvalue weighted by Crippen LogP contribution is -2.47. The molecule has 44 heavy (non-hydrogen) atoms. The third-order valence-electron chi connectivity index (χ3n) is 8.92. The van der Waals surface area contributed by atoms with Gasteiger partial charge in [-0.25, -0.2) is 0 Å². The zero-order chi connectivity index (χ0) is 36.7. The predicted octanol–water partition coefficient (Wildman–Crippen LogP) is 12.3. The molecule has 0 aliphatic heterocycles. The minimum absolute atomic E-state index is 0.155. The molecule has 5 heteroatoms. The molecule has 0 rings (SSSR count). The highest BCUT2D eigenvalue weighted by Gasteiger charge is 2.41. The second-order valence-corrected chi connectivity index (χ2v) is 13.7. The first-order valence-corrected chi connectivity index (χ1v) is 19.5. The highest BCUT2D eigenvalue weighted by atomic mass is 35.5. The predicted molar refractivity (Wildman–Crippen MR) is 191 cm³/mol. The van der Waals surface area contributed by atoms with Crippen molar-refractivity contribution in [3.05, 3.63) is 0 Å². The Bertz CT molecular complexity index is 795. The van der Waals surface area contributed by atoms with Gasteiger partial charge in [0.25, 0.3) is 0 Å². The number of hydrogen-bond acceptors (Lipinski definition) is 4. The number of unbranched alkanes of at least 4 members (excludes halogenated alkanes) is 28. The van der Waals surface area contributed by atoms with Crippen molar-refractivity contribution in [1.29, 1.82) is 2.86 Å². The van der Waals surface area contributed by atoms with Crippen LogP contribution in [0.4, 0.5) is 0 Å². The van der Waals surface area contributed by atoms with Crippen LogP contribution in [0.15, 0.2) is 0 Å². The Morgan fingerprint density at radius 1 is 0.545 bits per heavy atom. The van der Waals surface area contributed by atoms with E-state index in [1.54, 1.807) is 0 Å². The smallest absolute Gasteiger partial charge is 0.241 e. The van der Waals surface area contributed by atoms with Crippen LogP contribution in [-0.2, 0) is 9.59 Å². The molecule has 1 unspecified atom stereocenters. The lowest BCUT2D eigenvalue weighted by molar-refractivity contribution is -0.184. The molecule has 0 amide bonds. The van der Waals surface area contributed by atoms with Gasteiger partial charge in [0.2, 0.25) is 8.65 Å². The molecule has 0 aromatic heterocycles. The van der Waals surface area contributed by atoms with Crippen molar-refractivity contribution in [2.24, 2.45) is 0 Å². The normalized spacial score (nSPS) is 15.2. The van der Waals surface area contributed by atoms with E-state index in [1.807, 2.05) is 0 Å². The number of Topliss-reactive ketones (excluding diaryl/α,β-unsaturated/α-hetero) is 2. The standard InChI is InChI=1S/C39H75ClO4/c1-3-5-7-9-11-13-15-17-19-21-23-25-27-29-31-33-36(41)35-37(40)39(43,44)38(42)34-32-30-28-26-24-22-20-18-16-14-12-10-8-6-4-2/h37,43-44H,3-35H2,1-2H3/i35D2,37D,43D,44D. The first-order valence-electron chi connectivity index (χ1n) is 21.4. The van der Waals surface area contributed by atoms with Crippen molar-refractivity contribution in [2.75, 3.05) is 0 Å². The monoisotopic (exact) mass is 648 g/mol. The highest BCUT2D eigenvalue weighted by Crippen LogP contribution is 2.23. The van der Waals surface area contributed by atoms with Gasteiger partial charge in [-0.15, -0.1) is 11.6 Å². The van der Waals surface area contributed by atoms with E-state index in [1.165, 1.54) is 128 Å². The molecule has 0 aromatic rings. The Balaban J connectivity index is 4.32. The quantitative estimate of drug-likeness (QED) is 0.0397. The van der Waals surface area contributed by atoms with Crippen molar-refractivity contribution in [1.82, 2.24) is 0 Å². The van der Waals surface area contributed by atoms with Crippen LogP contribution in [-0.4, -0.2) is 35.8 Å². The third kappa shape index (κ3) is 27.8. The van der Waals surface area contributed by atoms with E-state index in [9.17, 15) is 9.59 Å². The molecular weight excluding hydrogens is 568 g/mol. The molecule has 0 saturated heterocycles. The van der Waals surface area contributed by atoms with E-state index in [4.69, 9.17) is 18.6 Å². The maximum atomic E-state index is 13.1. The van der Waals surface area contributed by atoms with Crippen molar-refractivity contribution >= 4 is 23.2 Å². The first-order chi connectivity index (χ1) is 23.6. The van der Waals surface area contributed by atoms with E-state index >= 15 is 0 Å². The molecule has 1 atom stereocenters. The van der Waals surface area contributed by atoms with Crippen LogP contribution in [0.1, 0.15) is 230 Å². The molecule has 0 aromatic carbocycles. The summed E-state index contributed by atoms with van der Waals surface area (Å²) in [7, 11) is 0. The fraction of sp³-hybridized carbons (Fsp3) is 0.949. The number of halogens is 1. The molecule has 0 saturated carbocycles. The molecule has 0 aliphatic rings. The topological polar surface area (TPSA) is 74.6 Å². The second-order valence-electron chi connectivity index (χ2n) is 13.3. The highest BCUT2D eigenvalue weighted by molar-refractivity contribution is 6.24.